The molecule has 0 unspecified atom stereocenters. The number of rotatable bonds is 2. The Morgan fingerprint density at radius 1 is 1.33 bits per heavy atom. The van der Waals surface area contributed by atoms with Gasteiger partial charge in [-0.2, -0.15) is 0 Å². The number of anilines is 1. The minimum Gasteiger partial charge on any atom is -0.336 e. The number of hydrogen-bond donors (Lipinski definition) is 1. The van der Waals surface area contributed by atoms with Gasteiger partial charge in [-0.25, -0.2) is 9.53 Å². The smallest absolute Gasteiger partial charge is 0.336 e. The van der Waals surface area contributed by atoms with E-state index >= 15 is 0 Å². The summed E-state index contributed by atoms with van der Waals surface area (Å²) in [6.45, 7) is 3.59. The standard InChI is InChI=1S/C13H14N2O3/c1-8-5-4-6-10(7-8)14-12(16)11-9(2)15(3)18-13(11)17/h4-7H,1-3H3,(H,14,16). The fourth-order valence-corrected chi connectivity index (χ4v) is 1.72. The zero-order valence-electron chi connectivity index (χ0n) is 10.5. The van der Waals surface area contributed by atoms with Gasteiger partial charge in [-0.3, -0.25) is 4.79 Å². The monoisotopic (exact) mass is 246 g/mol. The summed E-state index contributed by atoms with van der Waals surface area (Å²) in [4.78, 5) is 23.5. The summed E-state index contributed by atoms with van der Waals surface area (Å²) < 4.78 is 6.11. The van der Waals surface area contributed by atoms with Crippen LogP contribution < -0.4 is 10.9 Å². The van der Waals surface area contributed by atoms with Gasteiger partial charge in [0.25, 0.3) is 5.91 Å². The first-order valence-electron chi connectivity index (χ1n) is 5.54. The lowest BCUT2D eigenvalue weighted by Crippen LogP contribution is -2.19. The molecule has 0 atom stereocenters. The Morgan fingerprint density at radius 2 is 2.06 bits per heavy atom. The molecule has 1 N–H and O–H groups in total. The van der Waals surface area contributed by atoms with Gasteiger partial charge in [0.05, 0.1) is 5.69 Å². The molecule has 18 heavy (non-hydrogen) atoms. The Morgan fingerprint density at radius 3 is 2.61 bits per heavy atom. The van der Waals surface area contributed by atoms with E-state index in [4.69, 9.17) is 4.52 Å². The van der Waals surface area contributed by atoms with E-state index in [1.54, 1.807) is 20.0 Å². The third-order valence-electron chi connectivity index (χ3n) is 2.76. The third-order valence-corrected chi connectivity index (χ3v) is 2.76. The molecule has 0 saturated carbocycles. The van der Waals surface area contributed by atoms with Crippen molar-refractivity contribution in [2.75, 3.05) is 5.32 Å². The van der Waals surface area contributed by atoms with Crippen LogP contribution in [0.4, 0.5) is 5.69 Å². The van der Waals surface area contributed by atoms with Gasteiger partial charge in [0.2, 0.25) is 0 Å². The lowest BCUT2D eigenvalue weighted by Gasteiger charge is -2.04. The summed E-state index contributed by atoms with van der Waals surface area (Å²) in [5.41, 5.74) is 1.61. The molecule has 1 amide bonds. The van der Waals surface area contributed by atoms with Crippen molar-refractivity contribution in [1.29, 1.82) is 0 Å². The van der Waals surface area contributed by atoms with Crippen molar-refractivity contribution in [3.63, 3.8) is 0 Å². The van der Waals surface area contributed by atoms with E-state index in [1.165, 1.54) is 4.74 Å². The van der Waals surface area contributed by atoms with Crippen LogP contribution in [-0.2, 0) is 7.05 Å². The topological polar surface area (TPSA) is 64.2 Å². The van der Waals surface area contributed by atoms with E-state index < -0.39 is 11.5 Å². The highest BCUT2D eigenvalue weighted by atomic mass is 16.5. The maximum Gasteiger partial charge on any atom is 0.370 e. The molecule has 1 aromatic carbocycles. The summed E-state index contributed by atoms with van der Waals surface area (Å²) in [5.74, 6) is -0.451. The number of carbonyl (C=O) groups is 1. The van der Waals surface area contributed by atoms with Crippen molar-refractivity contribution < 1.29 is 9.32 Å². The number of aromatic nitrogens is 1. The zero-order chi connectivity index (χ0) is 13.3. The van der Waals surface area contributed by atoms with Crippen LogP contribution in [0.25, 0.3) is 0 Å². The van der Waals surface area contributed by atoms with E-state index in [9.17, 15) is 9.59 Å². The van der Waals surface area contributed by atoms with E-state index in [0.29, 0.717) is 11.4 Å². The highest BCUT2D eigenvalue weighted by Crippen LogP contribution is 2.12. The average Bonchev–Trinajstić information content (AvgIpc) is 2.53. The minimum absolute atomic E-state index is 0.0407. The Hall–Kier alpha value is -2.30. The second-order valence-corrected chi connectivity index (χ2v) is 4.16. The van der Waals surface area contributed by atoms with Crippen LogP contribution in [0.2, 0.25) is 0 Å². The Bertz CT molecular complexity index is 652. The van der Waals surface area contributed by atoms with Gasteiger partial charge in [0.1, 0.15) is 5.56 Å². The molecule has 0 fully saturated rings. The fraction of sp³-hybridized carbons (Fsp3) is 0.231. The van der Waals surface area contributed by atoms with Crippen LogP contribution in [0.1, 0.15) is 21.6 Å². The van der Waals surface area contributed by atoms with Gasteiger partial charge in [0, 0.05) is 12.7 Å². The van der Waals surface area contributed by atoms with Gasteiger partial charge in [0.15, 0.2) is 0 Å². The first kappa shape index (κ1) is 12.2. The Balaban J connectivity index is 2.30. The number of nitrogens with zero attached hydrogens (tertiary/aromatic N) is 1. The minimum atomic E-state index is -0.625. The zero-order valence-corrected chi connectivity index (χ0v) is 10.5. The molecular formula is C13H14N2O3. The molecule has 2 aromatic rings. The van der Waals surface area contributed by atoms with E-state index in [-0.39, 0.29) is 5.56 Å². The van der Waals surface area contributed by atoms with Crippen LogP contribution in [0, 0.1) is 13.8 Å². The van der Waals surface area contributed by atoms with Crippen LogP contribution in [0.5, 0.6) is 0 Å². The molecule has 0 saturated heterocycles. The largest absolute Gasteiger partial charge is 0.370 e. The maximum atomic E-state index is 12.0. The predicted octanol–water partition coefficient (Wildman–Crippen LogP) is 1.85. The van der Waals surface area contributed by atoms with Crippen molar-refractivity contribution in [2.45, 2.75) is 13.8 Å². The van der Waals surface area contributed by atoms with Gasteiger partial charge >= 0.3 is 5.63 Å². The van der Waals surface area contributed by atoms with E-state index in [1.807, 2.05) is 25.1 Å². The maximum absolute atomic E-state index is 12.0. The number of amides is 1. The molecule has 0 aliphatic carbocycles. The van der Waals surface area contributed by atoms with Gasteiger partial charge in [-0.1, -0.05) is 12.1 Å². The summed E-state index contributed by atoms with van der Waals surface area (Å²) in [5, 5.41) is 2.68. The van der Waals surface area contributed by atoms with Gasteiger partial charge < -0.3 is 9.84 Å². The SMILES string of the molecule is Cc1cccc(NC(=O)c2c(C)n(C)oc2=O)c1. The molecule has 0 spiro atoms. The second-order valence-electron chi connectivity index (χ2n) is 4.16. The molecule has 0 aliphatic rings. The van der Waals surface area contributed by atoms with Crippen molar-refractivity contribution >= 4 is 11.6 Å². The molecule has 1 aromatic heterocycles. The van der Waals surface area contributed by atoms with Crippen molar-refractivity contribution in [3.8, 4) is 0 Å². The summed E-state index contributed by atoms with van der Waals surface area (Å²) in [6, 6.07) is 7.37. The first-order valence-corrected chi connectivity index (χ1v) is 5.54. The highest BCUT2D eigenvalue weighted by molar-refractivity contribution is 6.04. The molecule has 5 nitrogen and oxygen atoms in total. The molecule has 0 bridgehead atoms. The van der Waals surface area contributed by atoms with Crippen LogP contribution in [0.3, 0.4) is 0 Å². The third kappa shape index (κ3) is 2.20. The van der Waals surface area contributed by atoms with Gasteiger partial charge in [-0.05, 0) is 31.5 Å². The number of hydrogen-bond acceptors (Lipinski definition) is 3. The van der Waals surface area contributed by atoms with E-state index in [2.05, 4.69) is 5.32 Å². The normalized spacial score (nSPS) is 10.4. The highest BCUT2D eigenvalue weighted by Gasteiger charge is 2.19. The van der Waals surface area contributed by atoms with Crippen LogP contribution in [-0.4, -0.2) is 10.6 Å². The summed E-state index contributed by atoms with van der Waals surface area (Å²) in [7, 11) is 1.58. The lowest BCUT2D eigenvalue weighted by atomic mass is 10.2. The lowest BCUT2D eigenvalue weighted by molar-refractivity contribution is 0.102. The van der Waals surface area contributed by atoms with Crippen LogP contribution >= 0.6 is 0 Å². The van der Waals surface area contributed by atoms with E-state index in [0.717, 1.165) is 5.56 Å². The first-order chi connectivity index (χ1) is 8.49. The number of benzene rings is 1. The van der Waals surface area contributed by atoms with Crippen molar-refractivity contribution in [2.24, 2.45) is 7.05 Å². The summed E-state index contributed by atoms with van der Waals surface area (Å²) >= 11 is 0. The van der Waals surface area contributed by atoms with Gasteiger partial charge in [-0.15, -0.1) is 0 Å². The molecule has 1 heterocycles. The average molecular weight is 246 g/mol. The quantitative estimate of drug-likeness (QED) is 0.879. The molecule has 0 radical (unpaired) electrons. The number of nitrogens with one attached hydrogen (secondary N) is 1. The van der Waals surface area contributed by atoms with Crippen LogP contribution in [0.15, 0.2) is 33.6 Å². The molecule has 0 aliphatic heterocycles. The number of aryl methyl sites for hydroxylation is 2. The fourth-order valence-electron chi connectivity index (χ4n) is 1.72. The van der Waals surface area contributed by atoms with Crippen molar-refractivity contribution in [1.82, 2.24) is 4.74 Å². The predicted molar refractivity (Wildman–Crippen MR) is 67.8 cm³/mol. The second kappa shape index (κ2) is 4.52. The molecular weight excluding hydrogens is 232 g/mol. The van der Waals surface area contributed by atoms with Crippen molar-refractivity contribution in [3.05, 3.63) is 51.5 Å². The Labute approximate surface area is 104 Å². The number of carbonyl (C=O) groups excluding carboxylic acids is 1. The molecule has 2 rings (SSSR count). The molecule has 94 valence electrons. The molecule has 5 heteroatoms. The Kier molecular flexibility index (Phi) is 3.06. The summed E-state index contributed by atoms with van der Waals surface area (Å²) in [6.07, 6.45) is 0.